The number of aromatic nitrogens is 2. The van der Waals surface area contributed by atoms with Gasteiger partial charge in [-0.3, -0.25) is 14.3 Å². The van der Waals surface area contributed by atoms with Crippen molar-refractivity contribution >= 4 is 0 Å². The van der Waals surface area contributed by atoms with Gasteiger partial charge in [0.1, 0.15) is 23.9 Å². The number of aliphatic hydroxyl groups is 3. The van der Waals surface area contributed by atoms with Crippen LogP contribution < -0.4 is 11.2 Å². The number of nitrogens with zero attached hydrogens (tertiary/aromatic N) is 1. The van der Waals surface area contributed by atoms with Crippen LogP contribution in [0.5, 0.6) is 0 Å². The maximum absolute atomic E-state index is 12.1. The summed E-state index contributed by atoms with van der Waals surface area (Å²) in [4.78, 5) is 26.2. The Balaban J connectivity index is 2.52. The predicted octanol–water partition coefficient (Wildman–Crippen LogP) is -1.39. The zero-order chi connectivity index (χ0) is 17.1. The van der Waals surface area contributed by atoms with Gasteiger partial charge < -0.3 is 20.1 Å². The summed E-state index contributed by atoms with van der Waals surface area (Å²) in [6.45, 7) is 2.96. The van der Waals surface area contributed by atoms with Crippen LogP contribution in [-0.4, -0.2) is 49.8 Å². The third-order valence-electron chi connectivity index (χ3n) is 3.75. The summed E-state index contributed by atoms with van der Waals surface area (Å²) < 4.78 is 6.39. The minimum absolute atomic E-state index is 0.107. The summed E-state index contributed by atoms with van der Waals surface area (Å²) in [5.74, 6) is 5.55. The summed E-state index contributed by atoms with van der Waals surface area (Å²) in [6, 6.07) is 0. The van der Waals surface area contributed by atoms with Gasteiger partial charge in [-0.1, -0.05) is 18.8 Å². The molecule has 4 atom stereocenters. The Hall–Kier alpha value is -1.92. The number of hydrogen-bond donors (Lipinski definition) is 4. The van der Waals surface area contributed by atoms with Crippen molar-refractivity contribution in [3.8, 4) is 11.8 Å². The fourth-order valence-electron chi connectivity index (χ4n) is 2.48. The highest BCUT2D eigenvalue weighted by Gasteiger charge is 2.44. The first-order valence-corrected chi connectivity index (χ1v) is 7.39. The van der Waals surface area contributed by atoms with E-state index >= 15 is 0 Å². The standard InChI is InChI=1S/C15H20N2O6/c1-3-4-5-6-9-8(2)17(15(22)16-13(9)21)14-12(20)11(19)10(7-18)23-14/h10-12,14,18-20H,3-4,7H2,1-2H3,(H,16,21,22)/t10-,11-,12-,14-/m1/s1. The molecule has 0 radical (unpaired) electrons. The number of hydrogen-bond acceptors (Lipinski definition) is 6. The van der Waals surface area contributed by atoms with E-state index in [1.54, 1.807) is 0 Å². The minimum Gasteiger partial charge on any atom is -0.394 e. The van der Waals surface area contributed by atoms with E-state index in [9.17, 15) is 19.8 Å². The molecule has 1 fully saturated rings. The van der Waals surface area contributed by atoms with Gasteiger partial charge >= 0.3 is 5.69 Å². The molecule has 0 aromatic carbocycles. The largest absolute Gasteiger partial charge is 0.394 e. The van der Waals surface area contributed by atoms with E-state index in [1.165, 1.54) is 6.92 Å². The molecular weight excluding hydrogens is 304 g/mol. The molecule has 1 aromatic rings. The molecule has 0 amide bonds. The molecule has 23 heavy (non-hydrogen) atoms. The van der Waals surface area contributed by atoms with Crippen LogP contribution in [0.4, 0.5) is 0 Å². The summed E-state index contributed by atoms with van der Waals surface area (Å²) >= 11 is 0. The molecule has 1 aliphatic rings. The van der Waals surface area contributed by atoms with Crippen LogP contribution in [0.25, 0.3) is 0 Å². The summed E-state index contributed by atoms with van der Waals surface area (Å²) in [7, 11) is 0. The van der Waals surface area contributed by atoms with Crippen LogP contribution in [0.2, 0.25) is 0 Å². The molecule has 8 heteroatoms. The van der Waals surface area contributed by atoms with Crippen molar-refractivity contribution in [3.05, 3.63) is 32.1 Å². The maximum Gasteiger partial charge on any atom is 0.330 e. The minimum atomic E-state index is -1.41. The van der Waals surface area contributed by atoms with Crippen LogP contribution >= 0.6 is 0 Å². The van der Waals surface area contributed by atoms with Gasteiger partial charge in [0.25, 0.3) is 5.56 Å². The topological polar surface area (TPSA) is 125 Å². The van der Waals surface area contributed by atoms with Crippen molar-refractivity contribution in [3.63, 3.8) is 0 Å². The normalized spacial score (nSPS) is 26.8. The fourth-order valence-corrected chi connectivity index (χ4v) is 2.48. The van der Waals surface area contributed by atoms with Crippen molar-refractivity contribution < 1.29 is 20.1 Å². The fraction of sp³-hybridized carbons (Fsp3) is 0.600. The highest BCUT2D eigenvalue weighted by Crippen LogP contribution is 2.29. The van der Waals surface area contributed by atoms with Crippen LogP contribution in [0.1, 0.15) is 37.3 Å². The molecule has 126 valence electrons. The second-order valence-electron chi connectivity index (χ2n) is 5.37. The first kappa shape index (κ1) is 17.4. The molecule has 4 N–H and O–H groups in total. The second-order valence-corrected chi connectivity index (χ2v) is 5.37. The third-order valence-corrected chi connectivity index (χ3v) is 3.75. The van der Waals surface area contributed by atoms with Crippen molar-refractivity contribution in [2.45, 2.75) is 51.2 Å². The summed E-state index contributed by atoms with van der Waals surface area (Å²) in [5.41, 5.74) is -1.05. The van der Waals surface area contributed by atoms with Crippen LogP contribution in [-0.2, 0) is 4.74 Å². The number of H-pyrrole nitrogens is 1. The zero-order valence-electron chi connectivity index (χ0n) is 12.9. The van der Waals surface area contributed by atoms with Crippen molar-refractivity contribution in [2.24, 2.45) is 0 Å². The van der Waals surface area contributed by atoms with Gasteiger partial charge in [-0.2, -0.15) is 0 Å². The predicted molar refractivity (Wildman–Crippen MR) is 80.9 cm³/mol. The molecule has 0 spiro atoms. The van der Waals surface area contributed by atoms with Crippen LogP contribution in [0.15, 0.2) is 9.59 Å². The van der Waals surface area contributed by atoms with E-state index in [2.05, 4.69) is 16.8 Å². The highest BCUT2D eigenvalue weighted by atomic mass is 16.6. The third kappa shape index (κ3) is 3.23. The van der Waals surface area contributed by atoms with Gasteiger partial charge in [0.2, 0.25) is 0 Å². The van der Waals surface area contributed by atoms with Gasteiger partial charge in [0.15, 0.2) is 6.23 Å². The lowest BCUT2D eigenvalue weighted by Crippen LogP contribution is -2.40. The number of aromatic amines is 1. The Labute approximate surface area is 132 Å². The molecule has 1 aliphatic heterocycles. The number of aliphatic hydroxyl groups excluding tert-OH is 3. The zero-order valence-corrected chi connectivity index (χ0v) is 12.9. The first-order chi connectivity index (χ1) is 10.9. The lowest BCUT2D eigenvalue weighted by atomic mass is 10.1. The Morgan fingerprint density at radius 1 is 1.30 bits per heavy atom. The van der Waals surface area contributed by atoms with Gasteiger partial charge in [0.05, 0.1) is 6.61 Å². The highest BCUT2D eigenvalue weighted by molar-refractivity contribution is 5.35. The number of ether oxygens (including phenoxy) is 1. The number of rotatable bonds is 3. The summed E-state index contributed by atoms with van der Waals surface area (Å²) in [6.07, 6.45) is -3.53. The van der Waals surface area contributed by atoms with E-state index in [1.807, 2.05) is 6.92 Å². The smallest absolute Gasteiger partial charge is 0.330 e. The van der Waals surface area contributed by atoms with Gasteiger partial charge in [-0.05, 0) is 13.3 Å². The van der Waals surface area contributed by atoms with E-state index in [0.29, 0.717) is 6.42 Å². The molecule has 1 aromatic heterocycles. The average molecular weight is 324 g/mol. The Morgan fingerprint density at radius 2 is 2.00 bits per heavy atom. The molecule has 1 saturated heterocycles. The summed E-state index contributed by atoms with van der Waals surface area (Å²) in [5, 5.41) is 29.0. The Bertz CT molecular complexity index is 741. The number of nitrogens with one attached hydrogen (secondary N) is 1. The molecule has 0 saturated carbocycles. The molecule has 2 rings (SSSR count). The van der Waals surface area contributed by atoms with Gasteiger partial charge in [0, 0.05) is 12.1 Å². The van der Waals surface area contributed by atoms with E-state index in [-0.39, 0.29) is 11.3 Å². The van der Waals surface area contributed by atoms with Crippen molar-refractivity contribution in [1.29, 1.82) is 0 Å². The molecule has 2 heterocycles. The lowest BCUT2D eigenvalue weighted by molar-refractivity contribution is -0.0559. The van der Waals surface area contributed by atoms with Gasteiger partial charge in [-0.15, -0.1) is 0 Å². The van der Waals surface area contributed by atoms with E-state index < -0.39 is 42.4 Å². The van der Waals surface area contributed by atoms with Crippen LogP contribution in [0, 0.1) is 18.8 Å². The second kappa shape index (κ2) is 7.10. The van der Waals surface area contributed by atoms with Crippen molar-refractivity contribution in [2.75, 3.05) is 6.61 Å². The van der Waals surface area contributed by atoms with E-state index in [4.69, 9.17) is 9.84 Å². The van der Waals surface area contributed by atoms with Gasteiger partial charge in [-0.25, -0.2) is 4.79 Å². The maximum atomic E-state index is 12.1. The quantitative estimate of drug-likeness (QED) is 0.507. The van der Waals surface area contributed by atoms with E-state index in [0.717, 1.165) is 11.0 Å². The average Bonchev–Trinajstić information content (AvgIpc) is 2.78. The lowest BCUT2D eigenvalue weighted by Gasteiger charge is -2.20. The number of unbranched alkanes of at least 4 members (excludes halogenated alkanes) is 1. The SMILES string of the molecule is CCCC#Cc1c(C)n([C@@H]2O[C@H](CO)[C@@H](O)[C@H]2O)c(=O)[nH]c1=O. The Morgan fingerprint density at radius 3 is 2.57 bits per heavy atom. The van der Waals surface area contributed by atoms with Crippen LogP contribution in [0.3, 0.4) is 0 Å². The van der Waals surface area contributed by atoms with Crippen molar-refractivity contribution in [1.82, 2.24) is 9.55 Å². The first-order valence-electron chi connectivity index (χ1n) is 7.39. The molecule has 0 unspecified atom stereocenters. The molecular formula is C15H20N2O6. The molecule has 0 bridgehead atoms. The molecule has 0 aliphatic carbocycles. The molecule has 8 nitrogen and oxygen atoms in total. The monoisotopic (exact) mass is 324 g/mol. The Kier molecular flexibility index (Phi) is 5.38.